The van der Waals surface area contributed by atoms with Crippen molar-refractivity contribution in [2.45, 2.75) is 65.2 Å². The quantitative estimate of drug-likeness (QED) is 0.628. The fourth-order valence-electron chi connectivity index (χ4n) is 2.27. The highest BCUT2D eigenvalue weighted by molar-refractivity contribution is 5.38. The predicted molar refractivity (Wildman–Crippen MR) is 74.5 cm³/mol. The maximum atomic E-state index is 9.76. The Morgan fingerprint density at radius 3 is 2.24 bits per heavy atom. The summed E-state index contributed by atoms with van der Waals surface area (Å²) < 4.78 is 0. The van der Waals surface area contributed by atoms with Crippen LogP contribution in [0.2, 0.25) is 0 Å². The Labute approximate surface area is 106 Å². The molecule has 0 saturated carbocycles. The summed E-state index contributed by atoms with van der Waals surface area (Å²) in [5, 5.41) is 9.76. The van der Waals surface area contributed by atoms with Crippen LogP contribution in [-0.2, 0) is 6.42 Å². The van der Waals surface area contributed by atoms with Crippen molar-refractivity contribution in [3.8, 4) is 5.75 Å². The third kappa shape index (κ3) is 5.25. The molecule has 1 nitrogen and oxygen atoms in total. The molecule has 0 aliphatic rings. The van der Waals surface area contributed by atoms with E-state index in [0.717, 1.165) is 12.0 Å². The molecule has 96 valence electrons. The van der Waals surface area contributed by atoms with Crippen LogP contribution < -0.4 is 0 Å². The second-order valence-electron chi connectivity index (χ2n) is 4.94. The molecule has 1 rings (SSSR count). The maximum absolute atomic E-state index is 9.76. The zero-order valence-electron chi connectivity index (χ0n) is 11.3. The molecule has 1 aromatic rings. The summed E-state index contributed by atoms with van der Waals surface area (Å²) in [5.41, 5.74) is 2.36. The largest absolute Gasteiger partial charge is 0.508 e. The molecule has 0 fully saturated rings. The van der Waals surface area contributed by atoms with Gasteiger partial charge in [-0.05, 0) is 37.0 Å². The molecule has 0 spiro atoms. The lowest BCUT2D eigenvalue weighted by Crippen LogP contribution is -1.91. The van der Waals surface area contributed by atoms with E-state index >= 15 is 0 Å². The highest BCUT2D eigenvalue weighted by atomic mass is 16.3. The normalized spacial score (nSPS) is 10.7. The average Bonchev–Trinajstić information content (AvgIpc) is 2.31. The van der Waals surface area contributed by atoms with Gasteiger partial charge in [-0.25, -0.2) is 0 Å². The first-order chi connectivity index (χ1) is 8.25. The number of benzene rings is 1. The summed E-state index contributed by atoms with van der Waals surface area (Å²) in [6.45, 7) is 4.33. The minimum absolute atomic E-state index is 0.469. The second kappa shape index (κ2) is 8.16. The smallest absolute Gasteiger partial charge is 0.119 e. The molecule has 1 heteroatoms. The summed E-state index contributed by atoms with van der Waals surface area (Å²) in [6.07, 6.45) is 10.3. The van der Waals surface area contributed by atoms with E-state index in [9.17, 15) is 5.11 Å². The van der Waals surface area contributed by atoms with Crippen molar-refractivity contribution in [3.05, 3.63) is 29.3 Å². The molecule has 0 amide bonds. The standard InChI is InChI=1S/C16H26O/c1-3-4-5-6-7-8-9-12-15-14(2)11-10-13-16(15)17/h10-11,13,17H,3-9,12H2,1-2H3. The SMILES string of the molecule is CCCCCCCCCc1c(C)cccc1O. The molecular weight excluding hydrogens is 208 g/mol. The van der Waals surface area contributed by atoms with Gasteiger partial charge in [-0.15, -0.1) is 0 Å². The van der Waals surface area contributed by atoms with E-state index in [4.69, 9.17) is 0 Å². The molecule has 0 atom stereocenters. The monoisotopic (exact) mass is 234 g/mol. The Balaban J connectivity index is 2.18. The molecule has 1 aromatic carbocycles. The first kappa shape index (κ1) is 14.1. The first-order valence-electron chi connectivity index (χ1n) is 7.03. The molecule has 0 radical (unpaired) electrons. The van der Waals surface area contributed by atoms with Crippen LogP contribution in [-0.4, -0.2) is 5.11 Å². The third-order valence-electron chi connectivity index (χ3n) is 3.42. The van der Waals surface area contributed by atoms with Crippen molar-refractivity contribution in [2.24, 2.45) is 0 Å². The highest BCUT2D eigenvalue weighted by Crippen LogP contribution is 2.22. The Morgan fingerprint density at radius 2 is 1.59 bits per heavy atom. The molecule has 17 heavy (non-hydrogen) atoms. The average molecular weight is 234 g/mol. The van der Waals surface area contributed by atoms with Gasteiger partial charge in [-0.2, -0.15) is 0 Å². The number of aryl methyl sites for hydroxylation is 1. The van der Waals surface area contributed by atoms with Crippen molar-refractivity contribution < 1.29 is 5.11 Å². The minimum Gasteiger partial charge on any atom is -0.508 e. The maximum Gasteiger partial charge on any atom is 0.119 e. The first-order valence-corrected chi connectivity index (χ1v) is 7.03. The molecule has 0 aromatic heterocycles. The second-order valence-corrected chi connectivity index (χ2v) is 4.94. The van der Waals surface area contributed by atoms with Crippen molar-refractivity contribution in [1.82, 2.24) is 0 Å². The lowest BCUT2D eigenvalue weighted by molar-refractivity contribution is 0.465. The number of unbranched alkanes of at least 4 members (excludes halogenated alkanes) is 6. The van der Waals surface area contributed by atoms with Crippen molar-refractivity contribution in [3.63, 3.8) is 0 Å². The lowest BCUT2D eigenvalue weighted by Gasteiger charge is -2.08. The van der Waals surface area contributed by atoms with Crippen LogP contribution in [0.1, 0.15) is 63.0 Å². The van der Waals surface area contributed by atoms with Crippen LogP contribution in [0.3, 0.4) is 0 Å². The summed E-state index contributed by atoms with van der Waals surface area (Å²) in [6, 6.07) is 5.79. The van der Waals surface area contributed by atoms with Crippen LogP contribution in [0, 0.1) is 6.92 Å². The predicted octanol–water partition coefficient (Wildman–Crippen LogP) is 4.99. The van der Waals surface area contributed by atoms with Crippen molar-refractivity contribution >= 4 is 0 Å². The molecule has 0 heterocycles. The highest BCUT2D eigenvalue weighted by Gasteiger charge is 2.03. The summed E-state index contributed by atoms with van der Waals surface area (Å²) in [7, 11) is 0. The van der Waals surface area contributed by atoms with E-state index in [0.29, 0.717) is 5.75 Å². The molecular formula is C16H26O. The van der Waals surface area contributed by atoms with Crippen LogP contribution >= 0.6 is 0 Å². The summed E-state index contributed by atoms with van der Waals surface area (Å²) in [4.78, 5) is 0. The Kier molecular flexibility index (Phi) is 6.76. The van der Waals surface area contributed by atoms with Crippen LogP contribution in [0.5, 0.6) is 5.75 Å². The fourth-order valence-corrected chi connectivity index (χ4v) is 2.27. The summed E-state index contributed by atoms with van der Waals surface area (Å²) in [5.74, 6) is 0.469. The number of hydrogen-bond acceptors (Lipinski definition) is 1. The topological polar surface area (TPSA) is 20.2 Å². The number of rotatable bonds is 8. The number of phenolic OH excluding ortho intramolecular Hbond substituents is 1. The molecule has 0 aliphatic heterocycles. The molecule has 0 bridgehead atoms. The molecule has 0 aliphatic carbocycles. The van der Waals surface area contributed by atoms with E-state index in [1.807, 2.05) is 6.07 Å². The van der Waals surface area contributed by atoms with Gasteiger partial charge in [0, 0.05) is 0 Å². The minimum atomic E-state index is 0.469. The zero-order chi connectivity index (χ0) is 12.5. The number of hydrogen-bond donors (Lipinski definition) is 1. The van der Waals surface area contributed by atoms with E-state index in [1.165, 1.54) is 50.5 Å². The van der Waals surface area contributed by atoms with Crippen molar-refractivity contribution in [2.75, 3.05) is 0 Å². The Morgan fingerprint density at radius 1 is 0.941 bits per heavy atom. The van der Waals surface area contributed by atoms with Crippen LogP contribution in [0.4, 0.5) is 0 Å². The van der Waals surface area contributed by atoms with Crippen LogP contribution in [0.25, 0.3) is 0 Å². The van der Waals surface area contributed by atoms with Gasteiger partial charge >= 0.3 is 0 Å². The molecule has 0 unspecified atom stereocenters. The van der Waals surface area contributed by atoms with Gasteiger partial charge in [-0.1, -0.05) is 57.6 Å². The van der Waals surface area contributed by atoms with Crippen LogP contribution in [0.15, 0.2) is 18.2 Å². The zero-order valence-corrected chi connectivity index (χ0v) is 11.3. The van der Waals surface area contributed by atoms with Gasteiger partial charge in [0.1, 0.15) is 5.75 Å². The van der Waals surface area contributed by atoms with Gasteiger partial charge in [0.25, 0.3) is 0 Å². The Bertz CT molecular complexity index is 297. The Hall–Kier alpha value is -0.980. The van der Waals surface area contributed by atoms with E-state index < -0.39 is 0 Å². The van der Waals surface area contributed by atoms with Gasteiger partial charge < -0.3 is 5.11 Å². The third-order valence-corrected chi connectivity index (χ3v) is 3.42. The fraction of sp³-hybridized carbons (Fsp3) is 0.625. The van der Waals surface area contributed by atoms with E-state index in [2.05, 4.69) is 19.9 Å². The van der Waals surface area contributed by atoms with Gasteiger partial charge in [0.05, 0.1) is 0 Å². The number of aromatic hydroxyl groups is 1. The lowest BCUT2D eigenvalue weighted by atomic mass is 10.0. The van der Waals surface area contributed by atoms with Crippen molar-refractivity contribution in [1.29, 1.82) is 0 Å². The molecule has 1 N–H and O–H groups in total. The number of phenols is 1. The van der Waals surface area contributed by atoms with Gasteiger partial charge in [0.15, 0.2) is 0 Å². The van der Waals surface area contributed by atoms with E-state index in [-0.39, 0.29) is 0 Å². The van der Waals surface area contributed by atoms with E-state index in [1.54, 1.807) is 6.07 Å². The summed E-state index contributed by atoms with van der Waals surface area (Å²) >= 11 is 0. The van der Waals surface area contributed by atoms with Gasteiger partial charge in [0.2, 0.25) is 0 Å². The molecule has 0 saturated heterocycles. The van der Waals surface area contributed by atoms with Gasteiger partial charge in [-0.3, -0.25) is 0 Å².